The molecule has 5 rings (SSSR count). The van der Waals surface area contributed by atoms with Crippen LogP contribution in [0.3, 0.4) is 0 Å². The van der Waals surface area contributed by atoms with Crippen molar-refractivity contribution in [2.45, 2.75) is 13.5 Å². The average molecular weight is 340 g/mol. The second kappa shape index (κ2) is 5.77. The number of rotatable bonds is 3. The lowest BCUT2D eigenvalue weighted by Gasteiger charge is -2.09. The molecule has 0 unspecified atom stereocenters. The second-order valence-electron chi connectivity index (χ2n) is 6.19. The average Bonchev–Trinajstić information content (AvgIpc) is 3.21. The lowest BCUT2D eigenvalue weighted by molar-refractivity contribution is 0.658. The summed E-state index contributed by atoms with van der Waals surface area (Å²) in [5.74, 6) is 0.917. The Kier molecular flexibility index (Phi) is 3.28. The molecule has 0 spiro atoms. The Morgan fingerprint density at radius 2 is 1.77 bits per heavy atom. The van der Waals surface area contributed by atoms with Crippen LogP contribution in [0.1, 0.15) is 11.5 Å². The zero-order valence-electron chi connectivity index (χ0n) is 14.2. The molecule has 0 bridgehead atoms. The van der Waals surface area contributed by atoms with Crippen LogP contribution >= 0.6 is 0 Å². The Balaban J connectivity index is 1.72. The minimum absolute atomic E-state index is 0.533. The Labute approximate surface area is 149 Å². The first-order valence-corrected chi connectivity index (χ1v) is 8.46. The summed E-state index contributed by atoms with van der Waals surface area (Å²) in [7, 11) is 0. The summed E-state index contributed by atoms with van der Waals surface area (Å²) in [6, 6.07) is 18.4. The van der Waals surface area contributed by atoms with Gasteiger partial charge in [-0.05, 0) is 31.2 Å². The number of para-hydroxylation sites is 3. The molecule has 3 aromatic heterocycles. The molecule has 0 aliphatic rings. The van der Waals surface area contributed by atoms with Crippen molar-refractivity contribution in [3.05, 3.63) is 78.6 Å². The summed E-state index contributed by atoms with van der Waals surface area (Å²) in [6.07, 6.45) is 3.36. The number of nitrogens with zero attached hydrogens (tertiary/aromatic N) is 6. The number of benzene rings is 2. The lowest BCUT2D eigenvalue weighted by Crippen LogP contribution is -2.09. The van der Waals surface area contributed by atoms with Gasteiger partial charge in [-0.25, -0.2) is 19.6 Å². The van der Waals surface area contributed by atoms with Crippen molar-refractivity contribution in [2.75, 3.05) is 0 Å². The molecule has 0 aliphatic carbocycles. The van der Waals surface area contributed by atoms with Crippen molar-refractivity contribution in [3.8, 4) is 5.69 Å². The van der Waals surface area contributed by atoms with Crippen molar-refractivity contribution in [2.24, 2.45) is 0 Å². The number of aromatic nitrogens is 6. The van der Waals surface area contributed by atoms with E-state index < -0.39 is 0 Å². The minimum atomic E-state index is 0.533. The Morgan fingerprint density at radius 1 is 0.962 bits per heavy atom. The molecule has 0 N–H and O–H groups in total. The zero-order valence-corrected chi connectivity index (χ0v) is 14.2. The van der Waals surface area contributed by atoms with Gasteiger partial charge in [-0.15, -0.1) is 0 Å². The summed E-state index contributed by atoms with van der Waals surface area (Å²) in [4.78, 5) is 13.4. The minimum Gasteiger partial charge on any atom is -0.295 e. The van der Waals surface area contributed by atoms with Crippen LogP contribution in [0.4, 0.5) is 0 Å². The van der Waals surface area contributed by atoms with Gasteiger partial charge in [-0.2, -0.15) is 5.10 Å². The highest BCUT2D eigenvalue weighted by atomic mass is 15.3. The number of hydrogen-bond acceptors (Lipinski definition) is 4. The van der Waals surface area contributed by atoms with Crippen LogP contribution in [-0.2, 0) is 6.54 Å². The molecule has 5 aromatic rings. The van der Waals surface area contributed by atoms with E-state index in [4.69, 9.17) is 4.98 Å². The fourth-order valence-electron chi connectivity index (χ4n) is 3.36. The van der Waals surface area contributed by atoms with Crippen molar-refractivity contribution in [3.63, 3.8) is 0 Å². The third-order valence-corrected chi connectivity index (χ3v) is 4.53. The first-order valence-electron chi connectivity index (χ1n) is 8.46. The Bertz CT molecular complexity index is 1220. The molecular weight excluding hydrogens is 324 g/mol. The van der Waals surface area contributed by atoms with E-state index in [1.54, 1.807) is 12.5 Å². The molecule has 0 atom stereocenters. The highest BCUT2D eigenvalue weighted by Gasteiger charge is 2.15. The van der Waals surface area contributed by atoms with Gasteiger partial charge < -0.3 is 0 Å². The van der Waals surface area contributed by atoms with Crippen molar-refractivity contribution < 1.29 is 0 Å². The third kappa shape index (κ3) is 2.27. The Morgan fingerprint density at radius 3 is 2.65 bits per heavy atom. The van der Waals surface area contributed by atoms with Crippen LogP contribution in [-0.4, -0.2) is 29.3 Å². The maximum absolute atomic E-state index is 4.86. The highest BCUT2D eigenvalue weighted by molar-refractivity contribution is 5.79. The van der Waals surface area contributed by atoms with E-state index in [1.807, 2.05) is 48.0 Å². The van der Waals surface area contributed by atoms with Gasteiger partial charge in [0.2, 0.25) is 0 Å². The van der Waals surface area contributed by atoms with Gasteiger partial charge in [-0.3, -0.25) is 4.57 Å². The predicted molar refractivity (Wildman–Crippen MR) is 100 cm³/mol. The summed E-state index contributed by atoms with van der Waals surface area (Å²) in [5, 5.41) is 5.62. The third-order valence-electron chi connectivity index (χ3n) is 4.53. The molecule has 0 saturated heterocycles. The van der Waals surface area contributed by atoms with E-state index in [9.17, 15) is 0 Å². The molecule has 3 heterocycles. The van der Waals surface area contributed by atoms with E-state index in [1.165, 1.54) is 0 Å². The maximum Gasteiger partial charge on any atom is 0.161 e. The van der Waals surface area contributed by atoms with Crippen LogP contribution < -0.4 is 0 Å². The molecule has 26 heavy (non-hydrogen) atoms. The zero-order chi connectivity index (χ0) is 17.5. The molecule has 0 fully saturated rings. The van der Waals surface area contributed by atoms with E-state index in [0.29, 0.717) is 6.54 Å². The molecule has 6 heteroatoms. The van der Waals surface area contributed by atoms with Crippen LogP contribution in [0.5, 0.6) is 0 Å². The van der Waals surface area contributed by atoms with E-state index >= 15 is 0 Å². The smallest absolute Gasteiger partial charge is 0.161 e. The maximum atomic E-state index is 4.86. The number of imidazole rings is 1. The first kappa shape index (κ1) is 14.8. The lowest BCUT2D eigenvalue weighted by atomic mass is 10.3. The van der Waals surface area contributed by atoms with Gasteiger partial charge in [0.1, 0.15) is 18.7 Å². The predicted octanol–water partition coefficient (Wildman–Crippen LogP) is 3.52. The summed E-state index contributed by atoms with van der Waals surface area (Å²) >= 11 is 0. The van der Waals surface area contributed by atoms with Gasteiger partial charge in [0.05, 0.1) is 22.1 Å². The molecular formula is C20H16N6. The van der Waals surface area contributed by atoms with Crippen molar-refractivity contribution in [1.29, 1.82) is 0 Å². The number of hydrogen-bond donors (Lipinski definition) is 0. The molecule has 0 aliphatic heterocycles. The van der Waals surface area contributed by atoms with Crippen LogP contribution in [0.25, 0.3) is 27.8 Å². The van der Waals surface area contributed by atoms with E-state index in [2.05, 4.69) is 37.8 Å². The van der Waals surface area contributed by atoms with Gasteiger partial charge in [-0.1, -0.05) is 30.3 Å². The molecule has 0 amide bonds. The standard InChI is InChI=1S/C20H16N6/c1-14-16-11-21-13-22-20(16)25(24-14)12-19-23-17-9-5-6-10-18(17)26(19)15-7-3-2-4-8-15/h2-11,13H,12H2,1H3. The van der Waals surface area contributed by atoms with Crippen LogP contribution in [0.2, 0.25) is 0 Å². The summed E-state index contributed by atoms with van der Waals surface area (Å²) in [5.41, 5.74) is 4.87. The van der Waals surface area contributed by atoms with Gasteiger partial charge >= 0.3 is 0 Å². The highest BCUT2D eigenvalue weighted by Crippen LogP contribution is 2.23. The largest absolute Gasteiger partial charge is 0.295 e. The first-order chi connectivity index (χ1) is 12.8. The molecule has 0 radical (unpaired) electrons. The van der Waals surface area contributed by atoms with Gasteiger partial charge in [0, 0.05) is 11.9 Å². The normalized spacial score (nSPS) is 11.4. The second-order valence-corrected chi connectivity index (χ2v) is 6.19. The van der Waals surface area contributed by atoms with E-state index in [-0.39, 0.29) is 0 Å². The number of fused-ring (bicyclic) bond motifs is 2. The van der Waals surface area contributed by atoms with Gasteiger partial charge in [0.15, 0.2) is 5.65 Å². The van der Waals surface area contributed by atoms with Crippen LogP contribution in [0, 0.1) is 6.92 Å². The topological polar surface area (TPSA) is 61.4 Å². The van der Waals surface area contributed by atoms with E-state index in [0.717, 1.165) is 39.3 Å². The molecule has 2 aromatic carbocycles. The molecule has 0 saturated carbocycles. The van der Waals surface area contributed by atoms with Gasteiger partial charge in [0.25, 0.3) is 0 Å². The Hall–Kier alpha value is -3.54. The summed E-state index contributed by atoms with van der Waals surface area (Å²) < 4.78 is 4.08. The van der Waals surface area contributed by atoms with Crippen molar-refractivity contribution in [1.82, 2.24) is 29.3 Å². The molecule has 126 valence electrons. The molecule has 6 nitrogen and oxygen atoms in total. The fraction of sp³-hybridized carbons (Fsp3) is 0.100. The summed E-state index contributed by atoms with van der Waals surface area (Å²) in [6.45, 7) is 2.51. The van der Waals surface area contributed by atoms with Crippen LogP contribution in [0.15, 0.2) is 67.1 Å². The monoisotopic (exact) mass is 340 g/mol. The number of aryl methyl sites for hydroxylation is 1. The quantitative estimate of drug-likeness (QED) is 0.504. The van der Waals surface area contributed by atoms with Crippen molar-refractivity contribution >= 4 is 22.1 Å². The SMILES string of the molecule is Cc1nn(Cc2nc3ccccc3n2-c2ccccc2)c2ncncc12. The fourth-order valence-corrected chi connectivity index (χ4v) is 3.36.